The lowest BCUT2D eigenvalue weighted by Gasteiger charge is -2.08. The third-order valence-electron chi connectivity index (χ3n) is 3.37. The molecule has 1 heteroatoms. The average Bonchev–Trinajstić information content (AvgIpc) is 2.78. The molecule has 84 valence electrons. The molecular weight excluding hydrogens is 196 g/mol. The molecule has 0 radical (unpaired) electrons. The summed E-state index contributed by atoms with van der Waals surface area (Å²) in [5.74, 6) is 1.18. The van der Waals surface area contributed by atoms with Crippen LogP contribution in [-0.4, -0.2) is 5.78 Å². The quantitative estimate of drug-likeness (QED) is 0.551. The predicted molar refractivity (Wildman–Crippen MR) is 66.4 cm³/mol. The lowest BCUT2D eigenvalue weighted by Crippen LogP contribution is -2.11. The first kappa shape index (κ1) is 11.1. The lowest BCUT2D eigenvalue weighted by molar-refractivity contribution is 0.0921. The van der Waals surface area contributed by atoms with Crippen LogP contribution in [0.25, 0.3) is 0 Å². The monoisotopic (exact) mass is 214 g/mol. The fourth-order valence-electron chi connectivity index (χ4n) is 2.54. The van der Waals surface area contributed by atoms with E-state index in [1.165, 1.54) is 0 Å². The summed E-state index contributed by atoms with van der Waals surface area (Å²) in [6, 6.07) is 9.67. The Bertz CT molecular complexity index is 378. The Morgan fingerprint density at radius 1 is 1.25 bits per heavy atom. The third kappa shape index (κ3) is 2.41. The molecular formula is C15H18O. The smallest absolute Gasteiger partial charge is 0.165 e. The topological polar surface area (TPSA) is 17.1 Å². The Kier molecular flexibility index (Phi) is 3.55. The third-order valence-corrected chi connectivity index (χ3v) is 3.37. The van der Waals surface area contributed by atoms with Crippen molar-refractivity contribution in [2.75, 3.05) is 0 Å². The molecule has 1 fully saturated rings. The number of carbonyl (C=O) groups is 1. The fourth-order valence-corrected chi connectivity index (χ4v) is 2.54. The Labute approximate surface area is 97.2 Å². The van der Waals surface area contributed by atoms with Gasteiger partial charge in [-0.15, -0.1) is 0 Å². The molecule has 0 saturated heterocycles. The highest BCUT2D eigenvalue weighted by Crippen LogP contribution is 2.33. The maximum absolute atomic E-state index is 12.2. The lowest BCUT2D eigenvalue weighted by atomic mass is 9.95. The van der Waals surface area contributed by atoms with Crippen LogP contribution in [0, 0.1) is 11.8 Å². The molecule has 0 N–H and O–H groups in total. The standard InChI is InChI=1S/C15H18O/c1-2-6-12-9-10-14(11-12)15(16)13-7-4-3-5-8-13/h2-8,12,14H,9-11H2,1H3/b6-2+. The van der Waals surface area contributed by atoms with Gasteiger partial charge in [-0.2, -0.15) is 0 Å². The van der Waals surface area contributed by atoms with Gasteiger partial charge in [-0.3, -0.25) is 4.79 Å². The molecule has 0 amide bonds. The van der Waals surface area contributed by atoms with E-state index < -0.39 is 0 Å². The van der Waals surface area contributed by atoms with Gasteiger partial charge in [-0.1, -0.05) is 42.5 Å². The summed E-state index contributed by atoms with van der Waals surface area (Å²) in [5, 5.41) is 0. The van der Waals surface area contributed by atoms with Crippen molar-refractivity contribution in [3.05, 3.63) is 48.0 Å². The van der Waals surface area contributed by atoms with E-state index in [1.807, 2.05) is 37.3 Å². The molecule has 1 aliphatic carbocycles. The number of ketones is 1. The van der Waals surface area contributed by atoms with Crippen LogP contribution in [0.1, 0.15) is 36.5 Å². The van der Waals surface area contributed by atoms with E-state index in [1.54, 1.807) is 0 Å². The van der Waals surface area contributed by atoms with Crippen molar-refractivity contribution in [3.63, 3.8) is 0 Å². The minimum absolute atomic E-state index is 0.239. The van der Waals surface area contributed by atoms with E-state index in [0.29, 0.717) is 11.7 Å². The van der Waals surface area contributed by atoms with Gasteiger partial charge < -0.3 is 0 Å². The van der Waals surface area contributed by atoms with Crippen molar-refractivity contribution >= 4 is 5.78 Å². The van der Waals surface area contributed by atoms with Crippen LogP contribution < -0.4 is 0 Å². The first-order valence-electron chi connectivity index (χ1n) is 6.03. The molecule has 0 heterocycles. The van der Waals surface area contributed by atoms with Gasteiger partial charge in [0, 0.05) is 11.5 Å². The number of Topliss-reactive ketones (excluding diaryl/α,β-unsaturated/α-hetero) is 1. The van der Waals surface area contributed by atoms with Gasteiger partial charge >= 0.3 is 0 Å². The normalized spacial score (nSPS) is 25.1. The van der Waals surface area contributed by atoms with Crippen LogP contribution in [0.4, 0.5) is 0 Å². The van der Waals surface area contributed by atoms with Crippen LogP contribution in [0.2, 0.25) is 0 Å². The fraction of sp³-hybridized carbons (Fsp3) is 0.400. The summed E-state index contributed by atoms with van der Waals surface area (Å²) >= 11 is 0. The Balaban J connectivity index is 2.02. The minimum atomic E-state index is 0.239. The highest BCUT2D eigenvalue weighted by atomic mass is 16.1. The van der Waals surface area contributed by atoms with Crippen molar-refractivity contribution in [2.24, 2.45) is 11.8 Å². The molecule has 0 bridgehead atoms. The number of benzene rings is 1. The zero-order valence-corrected chi connectivity index (χ0v) is 9.73. The minimum Gasteiger partial charge on any atom is -0.294 e. The van der Waals surface area contributed by atoms with Gasteiger partial charge in [-0.25, -0.2) is 0 Å². The number of rotatable bonds is 3. The number of hydrogen-bond acceptors (Lipinski definition) is 1. The first-order valence-corrected chi connectivity index (χ1v) is 6.03. The summed E-state index contributed by atoms with van der Waals surface area (Å²) in [6.07, 6.45) is 7.56. The van der Waals surface area contributed by atoms with Gasteiger partial charge in [0.2, 0.25) is 0 Å². The number of hydrogen-bond donors (Lipinski definition) is 0. The Hall–Kier alpha value is -1.37. The molecule has 0 aliphatic heterocycles. The Morgan fingerprint density at radius 3 is 2.69 bits per heavy atom. The first-order chi connectivity index (χ1) is 7.81. The van der Waals surface area contributed by atoms with Crippen molar-refractivity contribution < 1.29 is 4.79 Å². The molecule has 0 spiro atoms. The van der Waals surface area contributed by atoms with Crippen molar-refractivity contribution in [3.8, 4) is 0 Å². The molecule has 16 heavy (non-hydrogen) atoms. The number of carbonyl (C=O) groups excluding carboxylic acids is 1. The maximum Gasteiger partial charge on any atom is 0.165 e. The highest BCUT2D eigenvalue weighted by molar-refractivity contribution is 5.97. The van der Waals surface area contributed by atoms with Crippen LogP contribution in [0.3, 0.4) is 0 Å². The van der Waals surface area contributed by atoms with E-state index in [2.05, 4.69) is 12.2 Å². The van der Waals surface area contributed by atoms with E-state index >= 15 is 0 Å². The van der Waals surface area contributed by atoms with Crippen LogP contribution in [-0.2, 0) is 0 Å². The van der Waals surface area contributed by atoms with Crippen LogP contribution in [0.15, 0.2) is 42.5 Å². The zero-order chi connectivity index (χ0) is 11.4. The molecule has 2 rings (SSSR count). The van der Waals surface area contributed by atoms with Gasteiger partial charge in [0.1, 0.15) is 0 Å². The average molecular weight is 214 g/mol. The molecule has 2 unspecified atom stereocenters. The highest BCUT2D eigenvalue weighted by Gasteiger charge is 2.28. The zero-order valence-electron chi connectivity index (χ0n) is 9.73. The molecule has 0 aromatic heterocycles. The molecule has 2 atom stereocenters. The number of allylic oxidation sites excluding steroid dienone is 2. The molecule has 1 aromatic carbocycles. The summed E-state index contributed by atoms with van der Waals surface area (Å²) in [5.41, 5.74) is 0.869. The largest absolute Gasteiger partial charge is 0.294 e. The predicted octanol–water partition coefficient (Wildman–Crippen LogP) is 3.86. The van der Waals surface area contributed by atoms with Crippen LogP contribution >= 0.6 is 0 Å². The van der Waals surface area contributed by atoms with E-state index in [4.69, 9.17) is 0 Å². The summed E-state index contributed by atoms with van der Waals surface area (Å²) in [7, 11) is 0. The molecule has 1 nitrogen and oxygen atoms in total. The second kappa shape index (κ2) is 5.11. The summed E-state index contributed by atoms with van der Waals surface area (Å²) in [6.45, 7) is 2.05. The molecule has 1 aliphatic rings. The van der Waals surface area contributed by atoms with Gasteiger partial charge in [0.05, 0.1) is 0 Å². The second-order valence-electron chi connectivity index (χ2n) is 4.53. The van der Waals surface area contributed by atoms with E-state index in [0.717, 1.165) is 24.8 Å². The Morgan fingerprint density at radius 2 is 2.00 bits per heavy atom. The van der Waals surface area contributed by atoms with Crippen LogP contribution in [0.5, 0.6) is 0 Å². The van der Waals surface area contributed by atoms with Gasteiger partial charge in [0.25, 0.3) is 0 Å². The van der Waals surface area contributed by atoms with Crippen molar-refractivity contribution in [2.45, 2.75) is 26.2 Å². The summed E-state index contributed by atoms with van der Waals surface area (Å²) < 4.78 is 0. The van der Waals surface area contributed by atoms with Gasteiger partial charge in [0.15, 0.2) is 5.78 Å². The van der Waals surface area contributed by atoms with Crippen molar-refractivity contribution in [1.29, 1.82) is 0 Å². The molecule has 1 aromatic rings. The molecule has 1 saturated carbocycles. The SMILES string of the molecule is C/C=C/C1CCC(C(=O)c2ccccc2)C1. The van der Waals surface area contributed by atoms with Crippen molar-refractivity contribution in [1.82, 2.24) is 0 Å². The van der Waals surface area contributed by atoms with Gasteiger partial charge in [-0.05, 0) is 32.1 Å². The second-order valence-corrected chi connectivity index (χ2v) is 4.53. The summed E-state index contributed by atoms with van der Waals surface area (Å²) in [4.78, 5) is 12.2. The van der Waals surface area contributed by atoms with E-state index in [-0.39, 0.29) is 5.92 Å². The maximum atomic E-state index is 12.2. The van der Waals surface area contributed by atoms with E-state index in [9.17, 15) is 4.79 Å².